The number of hydrogen-bond acceptors (Lipinski definition) is 4. The van der Waals surface area contributed by atoms with Crippen molar-refractivity contribution in [1.82, 2.24) is 15.1 Å². The first-order chi connectivity index (χ1) is 8.97. The standard InChI is InChI=1S/C12H17N3O4/c1-14(6-9(16)13-8-2-3-8)12(19)7-15-10(17)4-5-11(15)18/h8H,2-7H2,1H3,(H,13,16). The molecular formula is C12H17N3O4. The van der Waals surface area contributed by atoms with E-state index in [-0.39, 0.29) is 49.7 Å². The van der Waals surface area contributed by atoms with Gasteiger partial charge in [0.1, 0.15) is 6.54 Å². The van der Waals surface area contributed by atoms with Gasteiger partial charge in [-0.25, -0.2) is 0 Å². The van der Waals surface area contributed by atoms with Gasteiger partial charge >= 0.3 is 0 Å². The van der Waals surface area contributed by atoms with Crippen molar-refractivity contribution in [1.29, 1.82) is 0 Å². The lowest BCUT2D eigenvalue weighted by Gasteiger charge is -2.20. The van der Waals surface area contributed by atoms with E-state index in [4.69, 9.17) is 0 Å². The van der Waals surface area contributed by atoms with E-state index in [0.29, 0.717) is 0 Å². The first kappa shape index (κ1) is 13.5. The van der Waals surface area contributed by atoms with Crippen molar-refractivity contribution < 1.29 is 19.2 Å². The van der Waals surface area contributed by atoms with Crippen molar-refractivity contribution in [3.63, 3.8) is 0 Å². The quantitative estimate of drug-likeness (QED) is 0.639. The number of rotatable bonds is 5. The fraction of sp³-hybridized carbons (Fsp3) is 0.667. The molecule has 1 aliphatic heterocycles. The molecule has 0 bridgehead atoms. The van der Waals surface area contributed by atoms with Crippen molar-refractivity contribution in [3.8, 4) is 0 Å². The number of likely N-dealkylation sites (N-methyl/N-ethyl adjacent to an activating group) is 1. The SMILES string of the molecule is CN(CC(=O)NC1CC1)C(=O)CN1C(=O)CCC1=O. The minimum absolute atomic E-state index is 0.0500. The number of carbonyl (C=O) groups is 4. The third-order valence-corrected chi connectivity index (χ3v) is 3.20. The molecule has 104 valence electrons. The average Bonchev–Trinajstić information content (AvgIpc) is 3.10. The molecule has 4 amide bonds. The Morgan fingerprint density at radius 2 is 1.84 bits per heavy atom. The lowest BCUT2D eigenvalue weighted by Crippen LogP contribution is -2.44. The first-order valence-electron chi connectivity index (χ1n) is 6.34. The van der Waals surface area contributed by atoms with Gasteiger partial charge in [-0.05, 0) is 12.8 Å². The highest BCUT2D eigenvalue weighted by atomic mass is 16.2. The molecule has 1 aliphatic carbocycles. The van der Waals surface area contributed by atoms with E-state index in [9.17, 15) is 19.2 Å². The summed E-state index contributed by atoms with van der Waals surface area (Å²) >= 11 is 0. The molecule has 1 saturated heterocycles. The molecule has 0 spiro atoms. The number of imide groups is 1. The van der Waals surface area contributed by atoms with Crippen LogP contribution >= 0.6 is 0 Å². The highest BCUT2D eigenvalue weighted by molar-refractivity contribution is 6.04. The Balaban J connectivity index is 1.79. The Kier molecular flexibility index (Phi) is 3.82. The third-order valence-electron chi connectivity index (χ3n) is 3.20. The minimum Gasteiger partial charge on any atom is -0.352 e. The van der Waals surface area contributed by atoms with Gasteiger partial charge in [0.05, 0.1) is 6.54 Å². The van der Waals surface area contributed by atoms with E-state index >= 15 is 0 Å². The number of hydrogen-bond donors (Lipinski definition) is 1. The van der Waals surface area contributed by atoms with E-state index in [0.717, 1.165) is 17.7 Å². The highest BCUT2D eigenvalue weighted by Gasteiger charge is 2.31. The zero-order chi connectivity index (χ0) is 14.0. The molecule has 2 aliphatic rings. The zero-order valence-corrected chi connectivity index (χ0v) is 10.8. The lowest BCUT2D eigenvalue weighted by atomic mass is 10.4. The average molecular weight is 267 g/mol. The Bertz CT molecular complexity index is 415. The maximum atomic E-state index is 11.8. The molecule has 0 unspecified atom stereocenters. The lowest BCUT2D eigenvalue weighted by molar-refractivity contribution is -0.145. The molecular weight excluding hydrogens is 250 g/mol. The molecule has 7 nitrogen and oxygen atoms in total. The summed E-state index contributed by atoms with van der Waals surface area (Å²) in [5.41, 5.74) is 0. The van der Waals surface area contributed by atoms with E-state index in [1.807, 2.05) is 0 Å². The molecule has 0 aromatic carbocycles. The molecule has 0 aromatic heterocycles. The van der Waals surface area contributed by atoms with E-state index in [2.05, 4.69) is 5.32 Å². The van der Waals surface area contributed by atoms with Crippen LogP contribution in [0.2, 0.25) is 0 Å². The molecule has 2 fully saturated rings. The van der Waals surface area contributed by atoms with Crippen LogP contribution in [-0.2, 0) is 19.2 Å². The van der Waals surface area contributed by atoms with Crippen LogP contribution in [0.1, 0.15) is 25.7 Å². The smallest absolute Gasteiger partial charge is 0.242 e. The maximum absolute atomic E-state index is 11.8. The van der Waals surface area contributed by atoms with Crippen LogP contribution in [0.4, 0.5) is 0 Å². The van der Waals surface area contributed by atoms with Crippen molar-refractivity contribution >= 4 is 23.6 Å². The number of nitrogens with one attached hydrogen (secondary N) is 1. The maximum Gasteiger partial charge on any atom is 0.242 e. The molecule has 0 aromatic rings. The molecule has 1 saturated carbocycles. The second-order valence-corrected chi connectivity index (χ2v) is 4.97. The summed E-state index contributed by atoms with van der Waals surface area (Å²) in [4.78, 5) is 48.3. The fourth-order valence-corrected chi connectivity index (χ4v) is 1.86. The monoisotopic (exact) mass is 267 g/mol. The topological polar surface area (TPSA) is 86.8 Å². The summed E-state index contributed by atoms with van der Waals surface area (Å²) in [6, 6.07) is 0.248. The van der Waals surface area contributed by atoms with Crippen molar-refractivity contribution in [2.24, 2.45) is 0 Å². The predicted molar refractivity (Wildman–Crippen MR) is 64.8 cm³/mol. The second-order valence-electron chi connectivity index (χ2n) is 4.97. The molecule has 0 atom stereocenters. The summed E-state index contributed by atoms with van der Waals surface area (Å²) in [5.74, 6) is -1.27. The Morgan fingerprint density at radius 3 is 2.37 bits per heavy atom. The predicted octanol–water partition coefficient (Wildman–Crippen LogP) is -1.13. The Labute approximate surface area is 110 Å². The molecule has 1 heterocycles. The normalized spacial score (nSPS) is 18.7. The Hall–Kier alpha value is -1.92. The van der Waals surface area contributed by atoms with Gasteiger partial charge in [0.25, 0.3) is 0 Å². The van der Waals surface area contributed by atoms with Crippen molar-refractivity contribution in [2.75, 3.05) is 20.1 Å². The number of carbonyl (C=O) groups excluding carboxylic acids is 4. The van der Waals surface area contributed by atoms with Gasteiger partial charge in [-0.2, -0.15) is 0 Å². The summed E-state index contributed by atoms with van der Waals surface area (Å²) in [6.45, 7) is -0.323. The van der Waals surface area contributed by atoms with Crippen LogP contribution in [-0.4, -0.2) is 59.6 Å². The third kappa shape index (κ3) is 3.52. The van der Waals surface area contributed by atoms with Gasteiger partial charge < -0.3 is 10.2 Å². The van der Waals surface area contributed by atoms with Gasteiger partial charge in [0.2, 0.25) is 23.6 Å². The van der Waals surface area contributed by atoms with Gasteiger partial charge in [-0.3, -0.25) is 24.1 Å². The largest absolute Gasteiger partial charge is 0.352 e. The van der Waals surface area contributed by atoms with Crippen LogP contribution in [0.25, 0.3) is 0 Å². The summed E-state index contributed by atoms with van der Waals surface area (Å²) in [7, 11) is 1.49. The van der Waals surface area contributed by atoms with Gasteiger partial charge in [0.15, 0.2) is 0 Å². The van der Waals surface area contributed by atoms with Crippen LogP contribution < -0.4 is 5.32 Å². The van der Waals surface area contributed by atoms with Crippen LogP contribution in [0, 0.1) is 0 Å². The van der Waals surface area contributed by atoms with Crippen molar-refractivity contribution in [3.05, 3.63) is 0 Å². The summed E-state index contributed by atoms with van der Waals surface area (Å²) < 4.78 is 0. The van der Waals surface area contributed by atoms with E-state index in [1.165, 1.54) is 11.9 Å². The Morgan fingerprint density at radius 1 is 1.26 bits per heavy atom. The summed E-state index contributed by atoms with van der Waals surface area (Å²) in [5, 5.41) is 2.77. The highest BCUT2D eigenvalue weighted by Crippen LogP contribution is 2.18. The van der Waals surface area contributed by atoms with E-state index < -0.39 is 5.91 Å². The minimum atomic E-state index is -0.408. The first-order valence-corrected chi connectivity index (χ1v) is 6.34. The number of amides is 4. The zero-order valence-electron chi connectivity index (χ0n) is 10.8. The number of likely N-dealkylation sites (tertiary alicyclic amines) is 1. The van der Waals surface area contributed by atoms with Crippen molar-refractivity contribution in [2.45, 2.75) is 31.7 Å². The van der Waals surface area contributed by atoms with Crippen LogP contribution in [0.5, 0.6) is 0 Å². The van der Waals surface area contributed by atoms with Gasteiger partial charge in [-0.1, -0.05) is 0 Å². The van der Waals surface area contributed by atoms with Crippen LogP contribution in [0.3, 0.4) is 0 Å². The van der Waals surface area contributed by atoms with Gasteiger partial charge in [-0.15, -0.1) is 0 Å². The second kappa shape index (κ2) is 5.38. The molecule has 1 N–H and O–H groups in total. The molecule has 0 radical (unpaired) electrons. The van der Waals surface area contributed by atoms with Gasteiger partial charge in [0, 0.05) is 25.9 Å². The van der Waals surface area contributed by atoms with Crippen LogP contribution in [0.15, 0.2) is 0 Å². The number of nitrogens with zero attached hydrogens (tertiary/aromatic N) is 2. The van der Waals surface area contributed by atoms with E-state index in [1.54, 1.807) is 0 Å². The molecule has 7 heteroatoms. The fourth-order valence-electron chi connectivity index (χ4n) is 1.86. The summed E-state index contributed by atoms with van der Waals surface area (Å²) in [6.07, 6.45) is 2.30. The molecule has 2 rings (SSSR count). The molecule has 19 heavy (non-hydrogen) atoms.